The average Bonchev–Trinajstić information content (AvgIpc) is 2.98. The third-order valence-electron chi connectivity index (χ3n) is 3.26. The Hall–Kier alpha value is -2.31. The number of carbonyl (C=O) groups excluding carboxylic acids is 1. The van der Waals surface area contributed by atoms with Crippen molar-refractivity contribution in [3.63, 3.8) is 0 Å². The van der Waals surface area contributed by atoms with Crippen molar-refractivity contribution >= 4 is 50.6 Å². The molecule has 0 radical (unpaired) electrons. The van der Waals surface area contributed by atoms with Crippen molar-refractivity contribution in [2.75, 3.05) is 7.11 Å². The zero-order valence-electron chi connectivity index (χ0n) is 12.5. The molecule has 5 nitrogen and oxygen atoms in total. The average molecular weight is 408 g/mol. The fraction of sp³-hybridized carbons (Fsp3) is 0.0588. The number of hydrazone groups is 1. The predicted octanol–water partition coefficient (Wildman–Crippen LogP) is 4.62. The number of amides is 1. The van der Waals surface area contributed by atoms with Crippen LogP contribution in [0.15, 0.2) is 56.5 Å². The molecule has 0 fully saturated rings. The summed E-state index contributed by atoms with van der Waals surface area (Å²) in [4.78, 5) is 12.1. The highest BCUT2D eigenvalue weighted by atomic mass is 79.9. The number of carbonyl (C=O) groups is 1. The van der Waals surface area contributed by atoms with Crippen LogP contribution in [-0.2, 0) is 0 Å². The summed E-state index contributed by atoms with van der Waals surface area (Å²) in [5, 5.41) is 5.21. The largest absolute Gasteiger partial charge is 0.495 e. The minimum absolute atomic E-state index is 0.188. The molecule has 0 saturated carbocycles. The predicted molar refractivity (Wildman–Crippen MR) is 97.0 cm³/mol. The molecule has 2 aromatic carbocycles. The maximum atomic E-state index is 12.1. The molecule has 3 rings (SSSR count). The summed E-state index contributed by atoms with van der Waals surface area (Å²) in [5.41, 5.74) is 3.79. The van der Waals surface area contributed by atoms with Gasteiger partial charge in [0.1, 0.15) is 11.3 Å². The first-order valence-corrected chi connectivity index (χ1v) is 8.10. The molecule has 0 saturated heterocycles. The van der Waals surface area contributed by atoms with Crippen LogP contribution in [-0.4, -0.2) is 19.2 Å². The molecule has 0 aliphatic heterocycles. The van der Waals surface area contributed by atoms with Gasteiger partial charge in [0.15, 0.2) is 5.76 Å². The van der Waals surface area contributed by atoms with E-state index in [4.69, 9.17) is 20.8 Å². The van der Waals surface area contributed by atoms with Crippen LogP contribution in [0, 0.1) is 0 Å². The summed E-state index contributed by atoms with van der Waals surface area (Å²) < 4.78 is 11.5. The monoisotopic (exact) mass is 406 g/mol. The lowest BCUT2D eigenvalue weighted by molar-refractivity contribution is 0.0929. The van der Waals surface area contributed by atoms with Crippen molar-refractivity contribution < 1.29 is 13.9 Å². The van der Waals surface area contributed by atoms with E-state index in [1.54, 1.807) is 37.4 Å². The van der Waals surface area contributed by atoms with E-state index in [9.17, 15) is 4.79 Å². The van der Waals surface area contributed by atoms with Crippen molar-refractivity contribution in [2.24, 2.45) is 5.10 Å². The summed E-state index contributed by atoms with van der Waals surface area (Å²) in [5.74, 6) is 0.331. The Bertz CT molecular complexity index is 937. The third-order valence-corrected chi connectivity index (χ3v) is 4.05. The number of hydrogen-bond acceptors (Lipinski definition) is 4. The zero-order chi connectivity index (χ0) is 17.1. The van der Waals surface area contributed by atoms with E-state index in [2.05, 4.69) is 26.5 Å². The Morgan fingerprint density at radius 1 is 1.29 bits per heavy atom. The van der Waals surface area contributed by atoms with Gasteiger partial charge in [-0.15, -0.1) is 0 Å². The molecule has 0 spiro atoms. The lowest BCUT2D eigenvalue weighted by Gasteiger charge is -2.02. The van der Waals surface area contributed by atoms with Crippen LogP contribution < -0.4 is 10.2 Å². The molecular formula is C17H12BrClN2O3. The highest BCUT2D eigenvalue weighted by Crippen LogP contribution is 2.24. The summed E-state index contributed by atoms with van der Waals surface area (Å²) in [6, 6.07) is 12.4. The van der Waals surface area contributed by atoms with Gasteiger partial charge in [0.05, 0.1) is 18.3 Å². The maximum Gasteiger partial charge on any atom is 0.307 e. The number of ether oxygens (including phenoxy) is 1. The number of hydrogen-bond donors (Lipinski definition) is 1. The minimum atomic E-state index is -0.432. The van der Waals surface area contributed by atoms with Crippen LogP contribution in [0.4, 0.5) is 0 Å². The van der Waals surface area contributed by atoms with Crippen molar-refractivity contribution in [3.8, 4) is 5.75 Å². The Kier molecular flexibility index (Phi) is 4.87. The topological polar surface area (TPSA) is 63.8 Å². The molecular weight excluding hydrogens is 396 g/mol. The van der Waals surface area contributed by atoms with Gasteiger partial charge in [0, 0.05) is 9.86 Å². The van der Waals surface area contributed by atoms with Gasteiger partial charge >= 0.3 is 5.91 Å². The first-order valence-electron chi connectivity index (χ1n) is 6.93. The Morgan fingerprint density at radius 3 is 2.88 bits per heavy atom. The van der Waals surface area contributed by atoms with Crippen LogP contribution in [0.2, 0.25) is 5.02 Å². The standard InChI is InChI=1S/C17H12BrClN2O3/c1-23-15-4-2-10(6-13(15)19)9-20-21-17(22)16-8-11-7-12(18)3-5-14(11)24-16/h2-9H,1H3,(H,21,22)/b20-9+. The van der Waals surface area contributed by atoms with Gasteiger partial charge in [-0.2, -0.15) is 5.10 Å². The fourth-order valence-electron chi connectivity index (χ4n) is 2.11. The van der Waals surface area contributed by atoms with Crippen LogP contribution in [0.3, 0.4) is 0 Å². The first-order chi connectivity index (χ1) is 11.6. The molecule has 3 aromatic rings. The van der Waals surface area contributed by atoms with Gasteiger partial charge in [0.25, 0.3) is 0 Å². The second kappa shape index (κ2) is 7.07. The van der Waals surface area contributed by atoms with Gasteiger partial charge < -0.3 is 9.15 Å². The van der Waals surface area contributed by atoms with Crippen molar-refractivity contribution in [1.29, 1.82) is 0 Å². The molecule has 0 aliphatic carbocycles. The van der Waals surface area contributed by atoms with Crippen molar-refractivity contribution in [3.05, 3.63) is 63.3 Å². The number of methoxy groups -OCH3 is 1. The summed E-state index contributed by atoms with van der Waals surface area (Å²) in [6.45, 7) is 0. The highest BCUT2D eigenvalue weighted by Gasteiger charge is 2.11. The van der Waals surface area contributed by atoms with Crippen LogP contribution in [0.25, 0.3) is 11.0 Å². The smallest absolute Gasteiger partial charge is 0.307 e. The van der Waals surface area contributed by atoms with E-state index in [1.165, 1.54) is 6.21 Å². The van der Waals surface area contributed by atoms with Gasteiger partial charge in [-0.1, -0.05) is 27.5 Å². The molecule has 7 heteroatoms. The van der Waals surface area contributed by atoms with Gasteiger partial charge in [-0.25, -0.2) is 5.43 Å². The van der Waals surface area contributed by atoms with Crippen molar-refractivity contribution in [2.45, 2.75) is 0 Å². The maximum absolute atomic E-state index is 12.1. The van der Waals surface area contributed by atoms with E-state index in [-0.39, 0.29) is 5.76 Å². The highest BCUT2D eigenvalue weighted by molar-refractivity contribution is 9.10. The van der Waals surface area contributed by atoms with Crippen molar-refractivity contribution in [1.82, 2.24) is 5.43 Å². The lowest BCUT2D eigenvalue weighted by atomic mass is 10.2. The van der Waals surface area contributed by atoms with E-state index in [1.807, 2.05) is 12.1 Å². The van der Waals surface area contributed by atoms with E-state index in [0.29, 0.717) is 16.4 Å². The second-order valence-corrected chi connectivity index (χ2v) is 6.21. The molecule has 0 bridgehead atoms. The number of halogens is 2. The summed E-state index contributed by atoms with van der Waals surface area (Å²) in [6.07, 6.45) is 1.49. The number of fused-ring (bicyclic) bond motifs is 1. The number of benzene rings is 2. The second-order valence-electron chi connectivity index (χ2n) is 4.89. The Balaban J connectivity index is 1.71. The molecule has 1 amide bonds. The molecule has 0 unspecified atom stereocenters. The van der Waals surface area contributed by atoms with Gasteiger partial charge in [-0.05, 0) is 48.0 Å². The molecule has 1 N–H and O–H groups in total. The minimum Gasteiger partial charge on any atom is -0.495 e. The number of nitrogens with zero attached hydrogens (tertiary/aromatic N) is 1. The van der Waals surface area contributed by atoms with Gasteiger partial charge in [0.2, 0.25) is 0 Å². The zero-order valence-corrected chi connectivity index (χ0v) is 14.9. The fourth-order valence-corrected chi connectivity index (χ4v) is 2.75. The third kappa shape index (κ3) is 3.60. The molecule has 0 atom stereocenters. The molecule has 24 heavy (non-hydrogen) atoms. The Labute approximate surface area is 151 Å². The van der Waals surface area contributed by atoms with E-state index in [0.717, 1.165) is 15.4 Å². The number of nitrogens with one attached hydrogen (secondary N) is 1. The van der Waals surface area contributed by atoms with Crippen LogP contribution in [0.1, 0.15) is 16.1 Å². The summed E-state index contributed by atoms with van der Waals surface area (Å²) >= 11 is 9.41. The van der Waals surface area contributed by atoms with Crippen LogP contribution >= 0.6 is 27.5 Å². The molecule has 122 valence electrons. The van der Waals surface area contributed by atoms with E-state index >= 15 is 0 Å². The quantitative estimate of drug-likeness (QED) is 0.507. The first kappa shape index (κ1) is 16.5. The summed E-state index contributed by atoms with van der Waals surface area (Å²) in [7, 11) is 1.54. The Morgan fingerprint density at radius 2 is 2.12 bits per heavy atom. The van der Waals surface area contributed by atoms with Crippen LogP contribution in [0.5, 0.6) is 5.75 Å². The lowest BCUT2D eigenvalue weighted by Crippen LogP contribution is -2.16. The SMILES string of the molecule is COc1ccc(/C=N/NC(=O)c2cc3cc(Br)ccc3o2)cc1Cl. The molecule has 1 heterocycles. The molecule has 0 aliphatic rings. The van der Waals surface area contributed by atoms with E-state index < -0.39 is 5.91 Å². The normalized spacial score (nSPS) is 11.1. The van der Waals surface area contributed by atoms with Gasteiger partial charge in [-0.3, -0.25) is 4.79 Å². The molecule has 1 aromatic heterocycles. The number of furan rings is 1. The number of rotatable bonds is 4.